The molecule has 0 aliphatic carbocycles. The SMILES string of the molecule is O=C(O)c1ccc(Cn2cc(-c3ccc(Cl)cc3Cl)nc2COc2ccc(-c3cccc(OC(F)(F)F)c3)cc2)cc1. The molecule has 11 heteroatoms. The lowest BCUT2D eigenvalue weighted by Gasteiger charge is -2.11. The highest BCUT2D eigenvalue weighted by Gasteiger charge is 2.31. The Morgan fingerprint density at radius 1 is 0.881 bits per heavy atom. The summed E-state index contributed by atoms with van der Waals surface area (Å²) in [6.07, 6.45) is -2.94. The number of carboxylic acids is 1. The Labute approximate surface area is 248 Å². The zero-order valence-corrected chi connectivity index (χ0v) is 23.1. The number of halogens is 5. The number of nitrogens with zero attached hydrogens (tertiary/aromatic N) is 2. The summed E-state index contributed by atoms with van der Waals surface area (Å²) in [5.74, 6) is -0.208. The Hall–Kier alpha value is -4.47. The molecule has 1 heterocycles. The van der Waals surface area contributed by atoms with Crippen LogP contribution < -0.4 is 9.47 Å². The van der Waals surface area contributed by atoms with E-state index < -0.39 is 12.3 Å². The number of imidazole rings is 1. The van der Waals surface area contributed by atoms with E-state index in [1.807, 2.05) is 10.8 Å². The van der Waals surface area contributed by atoms with Crippen molar-refractivity contribution in [2.45, 2.75) is 19.5 Å². The molecule has 0 saturated heterocycles. The molecule has 0 aliphatic heterocycles. The minimum Gasteiger partial charge on any atom is -0.486 e. The molecule has 0 radical (unpaired) electrons. The van der Waals surface area contributed by atoms with Gasteiger partial charge in [0.15, 0.2) is 0 Å². The smallest absolute Gasteiger partial charge is 0.486 e. The zero-order valence-electron chi connectivity index (χ0n) is 21.6. The number of carboxylic acid groups (broad SMARTS) is 1. The molecule has 6 nitrogen and oxygen atoms in total. The van der Waals surface area contributed by atoms with Gasteiger partial charge in [0, 0.05) is 23.3 Å². The predicted molar refractivity (Wildman–Crippen MR) is 153 cm³/mol. The van der Waals surface area contributed by atoms with Gasteiger partial charge < -0.3 is 19.1 Å². The fourth-order valence-electron chi connectivity index (χ4n) is 4.25. The summed E-state index contributed by atoms with van der Waals surface area (Å²) in [5.41, 5.74) is 3.56. The summed E-state index contributed by atoms with van der Waals surface area (Å²) in [6, 6.07) is 24.3. The fraction of sp³-hybridized carbons (Fsp3) is 0.0968. The van der Waals surface area contributed by atoms with E-state index in [9.17, 15) is 23.1 Å². The van der Waals surface area contributed by atoms with Gasteiger partial charge in [0.1, 0.15) is 23.9 Å². The highest BCUT2D eigenvalue weighted by molar-refractivity contribution is 6.36. The standard InChI is InChI=1S/C31H21Cl2F3N2O4/c32-23-10-13-26(27(33)15-23)28-17-38(16-19-4-6-21(7-5-19)30(39)40)29(37-28)18-41-24-11-8-20(9-12-24)22-2-1-3-25(14-22)42-31(34,35)36/h1-15,17H,16,18H2,(H,39,40). The molecule has 0 bridgehead atoms. The summed E-state index contributed by atoms with van der Waals surface area (Å²) in [6.45, 7) is 0.485. The Kier molecular flexibility index (Phi) is 8.42. The number of aromatic carboxylic acids is 1. The first-order valence-corrected chi connectivity index (χ1v) is 13.2. The van der Waals surface area contributed by atoms with E-state index in [1.54, 1.807) is 60.7 Å². The van der Waals surface area contributed by atoms with E-state index in [2.05, 4.69) is 4.74 Å². The number of alkyl halides is 3. The summed E-state index contributed by atoms with van der Waals surface area (Å²) in [7, 11) is 0. The number of benzene rings is 4. The Balaban J connectivity index is 1.36. The van der Waals surface area contributed by atoms with Crippen LogP contribution in [0.5, 0.6) is 11.5 Å². The third kappa shape index (κ3) is 7.23. The highest BCUT2D eigenvalue weighted by atomic mass is 35.5. The fourth-order valence-corrected chi connectivity index (χ4v) is 4.75. The minimum absolute atomic E-state index is 0.0900. The van der Waals surface area contributed by atoms with E-state index in [0.29, 0.717) is 50.5 Å². The van der Waals surface area contributed by atoms with Crippen molar-refractivity contribution in [3.63, 3.8) is 0 Å². The summed E-state index contributed by atoms with van der Waals surface area (Å²) in [4.78, 5) is 16.0. The molecule has 214 valence electrons. The second kappa shape index (κ2) is 12.2. The number of aromatic nitrogens is 2. The van der Waals surface area contributed by atoms with Gasteiger partial charge in [-0.15, -0.1) is 13.2 Å². The van der Waals surface area contributed by atoms with Gasteiger partial charge in [0.05, 0.1) is 16.3 Å². The van der Waals surface area contributed by atoms with Gasteiger partial charge in [0.2, 0.25) is 0 Å². The molecule has 1 aromatic heterocycles. The molecule has 0 spiro atoms. The third-order valence-electron chi connectivity index (χ3n) is 6.24. The quantitative estimate of drug-likeness (QED) is 0.180. The van der Waals surface area contributed by atoms with E-state index in [1.165, 1.54) is 30.3 Å². The van der Waals surface area contributed by atoms with Crippen LogP contribution in [-0.2, 0) is 13.2 Å². The Bertz CT molecular complexity index is 1720. The maximum atomic E-state index is 12.6. The third-order valence-corrected chi connectivity index (χ3v) is 6.79. The van der Waals surface area contributed by atoms with Crippen LogP contribution in [-0.4, -0.2) is 27.0 Å². The lowest BCUT2D eigenvalue weighted by molar-refractivity contribution is -0.274. The number of hydrogen-bond acceptors (Lipinski definition) is 4. The molecule has 0 saturated carbocycles. The molecule has 5 rings (SSSR count). The van der Waals surface area contributed by atoms with Crippen molar-refractivity contribution in [2.75, 3.05) is 0 Å². The van der Waals surface area contributed by atoms with E-state index in [0.717, 1.165) is 5.56 Å². The molecule has 1 N–H and O–H groups in total. The van der Waals surface area contributed by atoms with Crippen LogP contribution in [0.3, 0.4) is 0 Å². The van der Waals surface area contributed by atoms with Gasteiger partial charge in [-0.05, 0) is 71.3 Å². The van der Waals surface area contributed by atoms with Crippen LogP contribution in [0.2, 0.25) is 10.0 Å². The maximum Gasteiger partial charge on any atom is 0.573 e. The van der Waals surface area contributed by atoms with Gasteiger partial charge in [-0.25, -0.2) is 9.78 Å². The van der Waals surface area contributed by atoms with Gasteiger partial charge in [-0.1, -0.05) is 59.6 Å². The normalized spacial score (nSPS) is 11.4. The topological polar surface area (TPSA) is 73.6 Å². The zero-order chi connectivity index (χ0) is 29.9. The molecule has 4 aromatic carbocycles. The molecule has 5 aromatic rings. The Morgan fingerprint density at radius 3 is 2.29 bits per heavy atom. The molecule has 0 unspecified atom stereocenters. The first-order valence-electron chi connectivity index (χ1n) is 12.5. The van der Waals surface area contributed by atoms with Crippen LogP contribution in [0, 0.1) is 0 Å². The molecule has 0 aliphatic rings. The molecule has 0 fully saturated rings. The van der Waals surface area contributed by atoms with Crippen LogP contribution in [0.15, 0.2) is 97.2 Å². The van der Waals surface area contributed by atoms with Gasteiger partial charge >= 0.3 is 12.3 Å². The molecule has 42 heavy (non-hydrogen) atoms. The average molecular weight is 613 g/mol. The first kappa shape index (κ1) is 29.0. The van der Waals surface area contributed by atoms with E-state index in [4.69, 9.17) is 32.9 Å². The largest absolute Gasteiger partial charge is 0.573 e. The molecular formula is C31H21Cl2F3N2O4. The van der Waals surface area contributed by atoms with Gasteiger partial charge in [0.25, 0.3) is 0 Å². The lowest BCUT2D eigenvalue weighted by atomic mass is 10.1. The number of carbonyl (C=O) groups is 1. The Morgan fingerprint density at radius 2 is 1.62 bits per heavy atom. The lowest BCUT2D eigenvalue weighted by Crippen LogP contribution is -2.17. The van der Waals surface area contributed by atoms with E-state index in [-0.39, 0.29) is 17.9 Å². The van der Waals surface area contributed by atoms with Gasteiger partial charge in [-0.2, -0.15) is 0 Å². The van der Waals surface area contributed by atoms with Crippen molar-refractivity contribution < 1.29 is 32.5 Å². The van der Waals surface area contributed by atoms with Crippen molar-refractivity contribution in [1.82, 2.24) is 9.55 Å². The summed E-state index contributed by atoms with van der Waals surface area (Å²) in [5, 5.41) is 10.1. The van der Waals surface area contributed by atoms with Crippen molar-refractivity contribution >= 4 is 29.2 Å². The van der Waals surface area contributed by atoms with Crippen molar-refractivity contribution in [3.05, 3.63) is 124 Å². The van der Waals surface area contributed by atoms with Crippen LogP contribution >= 0.6 is 23.2 Å². The van der Waals surface area contributed by atoms with Crippen LogP contribution in [0.1, 0.15) is 21.7 Å². The minimum atomic E-state index is -4.78. The average Bonchev–Trinajstić information content (AvgIpc) is 3.33. The second-order valence-electron chi connectivity index (χ2n) is 9.19. The van der Waals surface area contributed by atoms with Crippen LogP contribution in [0.25, 0.3) is 22.4 Å². The predicted octanol–water partition coefficient (Wildman–Crippen LogP) is 8.75. The summed E-state index contributed by atoms with van der Waals surface area (Å²) < 4.78 is 49.7. The van der Waals surface area contributed by atoms with Crippen molar-refractivity contribution in [3.8, 4) is 33.9 Å². The van der Waals surface area contributed by atoms with Crippen molar-refractivity contribution in [2.24, 2.45) is 0 Å². The van der Waals surface area contributed by atoms with E-state index >= 15 is 0 Å². The first-order chi connectivity index (χ1) is 20.0. The maximum absolute atomic E-state index is 12.6. The van der Waals surface area contributed by atoms with Crippen LogP contribution in [0.4, 0.5) is 13.2 Å². The number of rotatable bonds is 9. The van der Waals surface area contributed by atoms with Gasteiger partial charge in [-0.3, -0.25) is 0 Å². The number of hydrogen-bond donors (Lipinski definition) is 1. The van der Waals surface area contributed by atoms with Crippen molar-refractivity contribution in [1.29, 1.82) is 0 Å². The second-order valence-corrected chi connectivity index (χ2v) is 10.0. The number of ether oxygens (including phenoxy) is 2. The monoisotopic (exact) mass is 612 g/mol. The molecule has 0 atom stereocenters. The molecular weight excluding hydrogens is 592 g/mol. The highest BCUT2D eigenvalue weighted by Crippen LogP contribution is 2.31. The molecule has 0 amide bonds. The summed E-state index contributed by atoms with van der Waals surface area (Å²) >= 11 is 12.5.